The molecule has 0 bridgehead atoms. The Morgan fingerprint density at radius 2 is 1.96 bits per heavy atom. The number of benzene rings is 1. The molecule has 0 saturated carbocycles. The minimum Gasteiger partial charge on any atom is -0.486 e. The Bertz CT molecular complexity index is 734. The number of fused-ring (bicyclic) bond motifs is 1. The van der Waals surface area contributed by atoms with Gasteiger partial charge in [0.25, 0.3) is 0 Å². The highest BCUT2D eigenvalue weighted by Gasteiger charge is 2.25. The van der Waals surface area contributed by atoms with Crippen LogP contribution in [0.2, 0.25) is 0 Å². The van der Waals surface area contributed by atoms with E-state index in [0.29, 0.717) is 24.7 Å². The summed E-state index contributed by atoms with van der Waals surface area (Å²) in [7, 11) is 3.06. The van der Waals surface area contributed by atoms with Crippen LogP contribution in [0.4, 0.5) is 0 Å². The molecule has 1 aliphatic heterocycles. The van der Waals surface area contributed by atoms with Gasteiger partial charge in [-0.15, -0.1) is 0 Å². The lowest BCUT2D eigenvalue weighted by Crippen LogP contribution is -2.39. The number of carbonyl (C=O) groups excluding carboxylic acids is 1. The van der Waals surface area contributed by atoms with Gasteiger partial charge in [0.1, 0.15) is 19.3 Å². The second-order valence-corrected chi connectivity index (χ2v) is 5.83. The van der Waals surface area contributed by atoms with E-state index in [1.807, 2.05) is 24.3 Å². The van der Waals surface area contributed by atoms with Crippen LogP contribution in [0.15, 0.2) is 42.7 Å². The fraction of sp³-hybridized carbons (Fsp3) is 0.368. The topological polar surface area (TPSA) is 78.9 Å². The number of aromatic nitrogens is 1. The molecule has 0 spiro atoms. The third-order valence-electron chi connectivity index (χ3n) is 4.07. The molecule has 7 heteroatoms. The van der Waals surface area contributed by atoms with Crippen LogP contribution >= 0.6 is 0 Å². The molecule has 0 aliphatic carbocycles. The molecule has 138 valence electrons. The second kappa shape index (κ2) is 8.64. The highest BCUT2D eigenvalue weighted by atomic mass is 16.7. The van der Waals surface area contributed by atoms with E-state index in [-0.39, 0.29) is 12.3 Å². The molecule has 26 heavy (non-hydrogen) atoms. The largest absolute Gasteiger partial charge is 0.486 e. The summed E-state index contributed by atoms with van der Waals surface area (Å²) in [6, 6.07) is 8.71. The molecule has 1 N–H and O–H groups in total. The maximum atomic E-state index is 12.6. The van der Waals surface area contributed by atoms with Crippen molar-refractivity contribution in [3.8, 4) is 11.5 Å². The molecular formula is C19H22N2O5. The van der Waals surface area contributed by atoms with E-state index in [0.717, 1.165) is 11.1 Å². The van der Waals surface area contributed by atoms with E-state index >= 15 is 0 Å². The van der Waals surface area contributed by atoms with Gasteiger partial charge in [-0.2, -0.15) is 0 Å². The molecule has 3 rings (SSSR count). The predicted molar refractivity (Wildman–Crippen MR) is 94.1 cm³/mol. The Morgan fingerprint density at radius 3 is 2.65 bits per heavy atom. The van der Waals surface area contributed by atoms with Crippen LogP contribution < -0.4 is 14.8 Å². The monoisotopic (exact) mass is 358 g/mol. The van der Waals surface area contributed by atoms with Gasteiger partial charge in [0.2, 0.25) is 5.91 Å². The molecule has 1 atom stereocenters. The number of nitrogens with zero attached hydrogens (tertiary/aromatic N) is 1. The molecular weight excluding hydrogens is 336 g/mol. The summed E-state index contributed by atoms with van der Waals surface area (Å²) in [5, 5.41) is 2.96. The summed E-state index contributed by atoms with van der Waals surface area (Å²) in [5.74, 6) is 1.21. The number of amides is 1. The summed E-state index contributed by atoms with van der Waals surface area (Å²) in [6.45, 7) is 1.05. The second-order valence-electron chi connectivity index (χ2n) is 5.83. The van der Waals surface area contributed by atoms with Crippen LogP contribution in [-0.2, 0) is 20.7 Å². The van der Waals surface area contributed by atoms with Crippen LogP contribution in [0, 0.1) is 0 Å². The first-order valence-electron chi connectivity index (χ1n) is 8.34. The number of carbonyl (C=O) groups is 1. The molecule has 0 unspecified atom stereocenters. The number of methoxy groups -OCH3 is 2. The maximum absolute atomic E-state index is 12.6. The van der Waals surface area contributed by atoms with Gasteiger partial charge in [0, 0.05) is 26.6 Å². The zero-order valence-electron chi connectivity index (χ0n) is 14.8. The molecule has 0 saturated heterocycles. The number of rotatable bonds is 7. The predicted octanol–water partition coefficient (Wildman–Crippen LogP) is 1.87. The summed E-state index contributed by atoms with van der Waals surface area (Å²) < 4.78 is 21.7. The summed E-state index contributed by atoms with van der Waals surface area (Å²) in [6.07, 6.45) is 2.93. The van der Waals surface area contributed by atoms with Crippen molar-refractivity contribution in [1.82, 2.24) is 10.3 Å². The minimum atomic E-state index is -0.622. The SMILES string of the molecule is COC(OC)[C@H](NC(=O)Cc1ccc2c(c1)OCCO2)c1cccnc1. The van der Waals surface area contributed by atoms with Crippen LogP contribution in [-0.4, -0.2) is 44.6 Å². The maximum Gasteiger partial charge on any atom is 0.225 e. The van der Waals surface area contributed by atoms with Gasteiger partial charge in [0.05, 0.1) is 6.42 Å². The third-order valence-corrected chi connectivity index (χ3v) is 4.07. The number of nitrogens with one attached hydrogen (secondary N) is 1. The summed E-state index contributed by atoms with van der Waals surface area (Å²) in [5.41, 5.74) is 1.64. The molecule has 1 aliphatic rings. The average molecular weight is 358 g/mol. The Balaban J connectivity index is 1.71. The zero-order chi connectivity index (χ0) is 18.4. The van der Waals surface area contributed by atoms with E-state index in [9.17, 15) is 4.79 Å². The zero-order valence-corrected chi connectivity index (χ0v) is 14.8. The first-order chi connectivity index (χ1) is 12.7. The first-order valence-corrected chi connectivity index (χ1v) is 8.34. The van der Waals surface area contributed by atoms with Gasteiger partial charge in [-0.3, -0.25) is 9.78 Å². The Kier molecular flexibility index (Phi) is 6.04. The number of ether oxygens (including phenoxy) is 4. The first kappa shape index (κ1) is 18.2. The molecule has 0 fully saturated rings. The van der Waals surface area contributed by atoms with E-state index < -0.39 is 12.3 Å². The number of hydrogen-bond donors (Lipinski definition) is 1. The van der Waals surface area contributed by atoms with Crippen molar-refractivity contribution in [2.45, 2.75) is 18.8 Å². The molecule has 1 aromatic carbocycles. The summed E-state index contributed by atoms with van der Waals surface area (Å²) in [4.78, 5) is 16.7. The quantitative estimate of drug-likeness (QED) is 0.762. The van der Waals surface area contributed by atoms with Crippen LogP contribution in [0.25, 0.3) is 0 Å². The number of pyridine rings is 1. The lowest BCUT2D eigenvalue weighted by Gasteiger charge is -2.26. The molecule has 7 nitrogen and oxygen atoms in total. The average Bonchev–Trinajstić information content (AvgIpc) is 2.68. The van der Waals surface area contributed by atoms with Crippen LogP contribution in [0.1, 0.15) is 17.2 Å². The van der Waals surface area contributed by atoms with E-state index in [2.05, 4.69) is 10.3 Å². The normalized spacial score (nSPS) is 14.1. The van der Waals surface area contributed by atoms with Crippen LogP contribution in [0.5, 0.6) is 11.5 Å². The van der Waals surface area contributed by atoms with Gasteiger partial charge in [-0.1, -0.05) is 12.1 Å². The van der Waals surface area contributed by atoms with Crippen LogP contribution in [0.3, 0.4) is 0 Å². The lowest BCUT2D eigenvalue weighted by molar-refractivity contribution is -0.138. The van der Waals surface area contributed by atoms with Crippen molar-refractivity contribution in [2.24, 2.45) is 0 Å². The van der Waals surface area contributed by atoms with Crippen molar-refractivity contribution < 1.29 is 23.7 Å². The highest BCUT2D eigenvalue weighted by molar-refractivity contribution is 5.79. The van der Waals surface area contributed by atoms with Gasteiger partial charge in [-0.05, 0) is 29.3 Å². The van der Waals surface area contributed by atoms with Crippen molar-refractivity contribution in [3.63, 3.8) is 0 Å². The standard InChI is InChI=1S/C19H22N2O5/c1-23-19(24-2)18(14-4-3-7-20-12-14)21-17(22)11-13-5-6-15-16(10-13)26-9-8-25-15/h3-7,10,12,18-19H,8-9,11H2,1-2H3,(H,21,22)/t18-/m1/s1. The molecule has 1 aromatic heterocycles. The van der Waals surface area contributed by atoms with Crippen molar-refractivity contribution in [3.05, 3.63) is 53.9 Å². The molecule has 2 heterocycles. The Morgan fingerprint density at radius 1 is 1.19 bits per heavy atom. The van der Waals surface area contributed by atoms with Gasteiger partial charge in [-0.25, -0.2) is 0 Å². The van der Waals surface area contributed by atoms with Gasteiger partial charge < -0.3 is 24.3 Å². The lowest BCUT2D eigenvalue weighted by atomic mass is 10.1. The Hall–Kier alpha value is -2.64. The molecule has 0 radical (unpaired) electrons. The van der Waals surface area contributed by atoms with E-state index in [4.69, 9.17) is 18.9 Å². The number of hydrogen-bond acceptors (Lipinski definition) is 6. The summed E-state index contributed by atoms with van der Waals surface area (Å²) >= 11 is 0. The fourth-order valence-electron chi connectivity index (χ4n) is 2.84. The van der Waals surface area contributed by atoms with Crippen molar-refractivity contribution in [1.29, 1.82) is 0 Å². The molecule has 1 amide bonds. The van der Waals surface area contributed by atoms with Crippen molar-refractivity contribution >= 4 is 5.91 Å². The van der Waals surface area contributed by atoms with Gasteiger partial charge in [0.15, 0.2) is 17.8 Å². The highest BCUT2D eigenvalue weighted by Crippen LogP contribution is 2.31. The third kappa shape index (κ3) is 4.30. The fourth-order valence-corrected chi connectivity index (χ4v) is 2.84. The van der Waals surface area contributed by atoms with E-state index in [1.54, 1.807) is 18.5 Å². The van der Waals surface area contributed by atoms with Crippen molar-refractivity contribution in [2.75, 3.05) is 27.4 Å². The van der Waals surface area contributed by atoms with E-state index in [1.165, 1.54) is 14.2 Å². The molecule has 2 aromatic rings. The van der Waals surface area contributed by atoms with Gasteiger partial charge >= 0.3 is 0 Å². The smallest absolute Gasteiger partial charge is 0.225 e. The minimum absolute atomic E-state index is 0.158. The Labute approximate surface area is 152 Å².